The molecule has 1 fully saturated rings. The normalized spacial score (nSPS) is 28.3. The molecular weight excluding hydrogens is 222 g/mol. The number of aliphatic hydroxyl groups is 1. The van der Waals surface area contributed by atoms with Crippen LogP contribution < -0.4 is 0 Å². The molecule has 0 atom stereocenters. The van der Waals surface area contributed by atoms with Gasteiger partial charge in [-0.05, 0) is 50.4 Å². The van der Waals surface area contributed by atoms with Crippen LogP contribution in [0, 0.1) is 28.6 Å². The fourth-order valence-electron chi connectivity index (χ4n) is 3.21. The van der Waals surface area contributed by atoms with E-state index in [1.54, 1.807) is 0 Å². The summed E-state index contributed by atoms with van der Waals surface area (Å²) in [6.45, 7) is 4.91. The molecule has 1 saturated carbocycles. The van der Waals surface area contributed by atoms with E-state index in [4.69, 9.17) is 5.11 Å². The van der Waals surface area contributed by atoms with Crippen molar-refractivity contribution < 1.29 is 5.11 Å². The summed E-state index contributed by atoms with van der Waals surface area (Å²) in [6.07, 6.45) is 10.1. The van der Waals surface area contributed by atoms with E-state index in [0.29, 0.717) is 6.61 Å². The Bertz CT molecular complexity index is 259. The second-order valence-corrected chi connectivity index (χ2v) is 6.36. The van der Waals surface area contributed by atoms with Crippen molar-refractivity contribution in [2.24, 2.45) is 17.3 Å². The van der Waals surface area contributed by atoms with Crippen LogP contribution in [0.15, 0.2) is 0 Å². The molecule has 0 aromatic heterocycles. The van der Waals surface area contributed by atoms with Crippen LogP contribution in [0.3, 0.4) is 0 Å². The summed E-state index contributed by atoms with van der Waals surface area (Å²) >= 11 is 0. The van der Waals surface area contributed by atoms with E-state index in [1.165, 1.54) is 12.8 Å². The molecule has 0 saturated heterocycles. The zero-order chi connectivity index (χ0) is 13.4. The molecule has 18 heavy (non-hydrogen) atoms. The van der Waals surface area contributed by atoms with Gasteiger partial charge in [0, 0.05) is 6.61 Å². The first-order valence-electron chi connectivity index (χ1n) is 7.66. The third-order valence-electron chi connectivity index (χ3n) is 4.73. The monoisotopic (exact) mass is 251 g/mol. The maximum Gasteiger partial charge on any atom is 0.0689 e. The number of nitriles is 1. The fourth-order valence-corrected chi connectivity index (χ4v) is 3.21. The number of unbranched alkanes of at least 4 members (excludes halogenated alkanes) is 3. The summed E-state index contributed by atoms with van der Waals surface area (Å²) in [5.41, 5.74) is -0.0232. The molecule has 104 valence electrons. The first-order valence-corrected chi connectivity index (χ1v) is 7.66. The summed E-state index contributed by atoms with van der Waals surface area (Å²) in [5, 5.41) is 18.2. The van der Waals surface area contributed by atoms with Crippen molar-refractivity contribution in [2.45, 2.75) is 71.6 Å². The van der Waals surface area contributed by atoms with Crippen LogP contribution in [-0.2, 0) is 0 Å². The minimum atomic E-state index is -0.0232. The predicted octanol–water partition coefficient (Wildman–Crippen LogP) is 4.29. The van der Waals surface area contributed by atoms with Crippen molar-refractivity contribution >= 4 is 0 Å². The molecule has 0 bridgehead atoms. The van der Waals surface area contributed by atoms with E-state index in [1.807, 2.05) is 0 Å². The van der Waals surface area contributed by atoms with Gasteiger partial charge in [-0.2, -0.15) is 5.26 Å². The van der Waals surface area contributed by atoms with Gasteiger partial charge in [0.1, 0.15) is 0 Å². The topological polar surface area (TPSA) is 44.0 Å². The molecule has 0 aromatic rings. The second kappa shape index (κ2) is 7.79. The molecule has 0 unspecified atom stereocenters. The highest BCUT2D eigenvalue weighted by molar-refractivity contribution is 5.01. The smallest absolute Gasteiger partial charge is 0.0689 e. The van der Waals surface area contributed by atoms with Crippen molar-refractivity contribution in [1.29, 1.82) is 5.26 Å². The van der Waals surface area contributed by atoms with E-state index >= 15 is 0 Å². The third kappa shape index (κ3) is 4.61. The Balaban J connectivity index is 2.30. The average molecular weight is 251 g/mol. The molecule has 0 heterocycles. The molecule has 0 aliphatic heterocycles. The number of nitrogens with zero attached hydrogens (tertiary/aromatic N) is 1. The van der Waals surface area contributed by atoms with E-state index in [0.717, 1.165) is 56.8 Å². The van der Waals surface area contributed by atoms with Crippen molar-refractivity contribution in [3.05, 3.63) is 0 Å². The van der Waals surface area contributed by atoms with Gasteiger partial charge in [-0.25, -0.2) is 0 Å². The van der Waals surface area contributed by atoms with Gasteiger partial charge in [-0.15, -0.1) is 0 Å². The van der Waals surface area contributed by atoms with Crippen LogP contribution in [0.1, 0.15) is 71.6 Å². The summed E-state index contributed by atoms with van der Waals surface area (Å²) in [4.78, 5) is 0. The number of hydrogen-bond acceptors (Lipinski definition) is 2. The van der Waals surface area contributed by atoms with Gasteiger partial charge in [-0.3, -0.25) is 0 Å². The Morgan fingerprint density at radius 2 is 1.78 bits per heavy atom. The number of aliphatic hydroxyl groups excluding tert-OH is 1. The van der Waals surface area contributed by atoms with Gasteiger partial charge in [-0.1, -0.05) is 33.1 Å². The van der Waals surface area contributed by atoms with Crippen molar-refractivity contribution in [2.75, 3.05) is 6.61 Å². The lowest BCUT2D eigenvalue weighted by Crippen LogP contribution is -2.28. The molecule has 0 radical (unpaired) electrons. The maximum absolute atomic E-state index is 9.48. The predicted molar refractivity (Wildman–Crippen MR) is 75.0 cm³/mol. The van der Waals surface area contributed by atoms with Gasteiger partial charge in [0.2, 0.25) is 0 Å². The molecule has 1 N–H and O–H groups in total. The quantitative estimate of drug-likeness (QED) is 0.686. The Morgan fingerprint density at radius 1 is 1.17 bits per heavy atom. The van der Waals surface area contributed by atoms with E-state index in [-0.39, 0.29) is 5.41 Å². The van der Waals surface area contributed by atoms with Crippen molar-refractivity contribution in [3.8, 4) is 6.07 Å². The van der Waals surface area contributed by atoms with Crippen LogP contribution in [0.25, 0.3) is 0 Å². The first kappa shape index (κ1) is 15.5. The maximum atomic E-state index is 9.48. The highest BCUT2D eigenvalue weighted by atomic mass is 16.2. The number of rotatable bonds is 7. The van der Waals surface area contributed by atoms with E-state index in [2.05, 4.69) is 19.9 Å². The largest absolute Gasteiger partial charge is 0.396 e. The van der Waals surface area contributed by atoms with Crippen molar-refractivity contribution in [1.82, 2.24) is 0 Å². The Kier molecular flexibility index (Phi) is 6.71. The lowest BCUT2D eigenvalue weighted by Gasteiger charge is -2.36. The Labute approximate surface area is 112 Å². The van der Waals surface area contributed by atoms with Crippen LogP contribution in [0.2, 0.25) is 0 Å². The molecule has 0 spiro atoms. The highest BCUT2D eigenvalue weighted by Crippen LogP contribution is 2.44. The van der Waals surface area contributed by atoms with E-state index in [9.17, 15) is 5.26 Å². The van der Waals surface area contributed by atoms with E-state index < -0.39 is 0 Å². The summed E-state index contributed by atoms with van der Waals surface area (Å²) in [7, 11) is 0. The standard InChI is InChI=1S/C16H29NO/c1-14(2)15-7-10-16(13-17,11-8-15)9-5-3-4-6-12-18/h14-15,18H,3-12H2,1-2H3. The zero-order valence-corrected chi connectivity index (χ0v) is 12.1. The molecular formula is C16H29NO. The Hall–Kier alpha value is -0.550. The Morgan fingerprint density at radius 3 is 2.28 bits per heavy atom. The number of hydrogen-bond donors (Lipinski definition) is 1. The minimum absolute atomic E-state index is 0.0232. The van der Waals surface area contributed by atoms with Crippen molar-refractivity contribution in [3.63, 3.8) is 0 Å². The van der Waals surface area contributed by atoms with Gasteiger partial charge in [0.15, 0.2) is 0 Å². The molecule has 1 aliphatic rings. The lowest BCUT2D eigenvalue weighted by molar-refractivity contribution is 0.162. The van der Waals surface area contributed by atoms with Crippen LogP contribution in [0.4, 0.5) is 0 Å². The highest BCUT2D eigenvalue weighted by Gasteiger charge is 2.35. The van der Waals surface area contributed by atoms with Gasteiger partial charge < -0.3 is 5.11 Å². The molecule has 2 nitrogen and oxygen atoms in total. The second-order valence-electron chi connectivity index (χ2n) is 6.36. The van der Waals surface area contributed by atoms with Gasteiger partial charge in [0.05, 0.1) is 11.5 Å². The first-order chi connectivity index (χ1) is 8.63. The minimum Gasteiger partial charge on any atom is -0.396 e. The molecule has 0 amide bonds. The third-order valence-corrected chi connectivity index (χ3v) is 4.73. The summed E-state index contributed by atoms with van der Waals surface area (Å²) in [6, 6.07) is 2.62. The molecule has 1 aliphatic carbocycles. The zero-order valence-electron chi connectivity index (χ0n) is 12.1. The van der Waals surface area contributed by atoms with Crippen LogP contribution in [-0.4, -0.2) is 11.7 Å². The molecule has 2 heteroatoms. The van der Waals surface area contributed by atoms with Crippen LogP contribution in [0.5, 0.6) is 0 Å². The summed E-state index contributed by atoms with van der Waals surface area (Å²) in [5.74, 6) is 1.60. The molecule has 0 aromatic carbocycles. The summed E-state index contributed by atoms with van der Waals surface area (Å²) < 4.78 is 0. The van der Waals surface area contributed by atoms with Gasteiger partial charge in [0.25, 0.3) is 0 Å². The van der Waals surface area contributed by atoms with Crippen LogP contribution >= 0.6 is 0 Å². The fraction of sp³-hybridized carbons (Fsp3) is 0.938. The average Bonchev–Trinajstić information content (AvgIpc) is 2.39. The SMILES string of the molecule is CC(C)C1CCC(C#N)(CCCCCCO)CC1. The van der Waals surface area contributed by atoms with Gasteiger partial charge >= 0.3 is 0 Å². The lowest BCUT2D eigenvalue weighted by atomic mass is 9.66. The molecule has 1 rings (SSSR count).